The summed E-state index contributed by atoms with van der Waals surface area (Å²) in [4.78, 5) is 32.5. The van der Waals surface area contributed by atoms with E-state index in [0.717, 1.165) is 24.5 Å². The van der Waals surface area contributed by atoms with E-state index in [1.165, 1.54) is 0 Å². The first-order valence-electron chi connectivity index (χ1n) is 8.13. The second-order valence-electron chi connectivity index (χ2n) is 6.05. The number of amides is 1. The van der Waals surface area contributed by atoms with Crippen molar-refractivity contribution in [3.05, 3.63) is 59.3 Å². The Morgan fingerprint density at radius 3 is 2.25 bits per heavy atom. The van der Waals surface area contributed by atoms with Gasteiger partial charge in [0.25, 0.3) is 0 Å². The number of nitrogens with zero attached hydrogens (tertiary/aromatic N) is 3. The molecule has 1 aromatic heterocycles. The van der Waals surface area contributed by atoms with E-state index in [9.17, 15) is 9.59 Å². The quantitative estimate of drug-likeness (QED) is 0.813. The fraction of sp³-hybridized carbons (Fsp3) is 0.316. The summed E-state index contributed by atoms with van der Waals surface area (Å²) < 4.78 is 0. The van der Waals surface area contributed by atoms with Crippen molar-refractivity contribution in [2.45, 2.75) is 13.8 Å². The lowest BCUT2D eigenvalue weighted by Crippen LogP contribution is -2.48. The fourth-order valence-electron chi connectivity index (χ4n) is 3.01. The van der Waals surface area contributed by atoms with Crippen molar-refractivity contribution < 1.29 is 9.59 Å². The number of hydrogen-bond acceptors (Lipinski definition) is 4. The van der Waals surface area contributed by atoms with Crippen LogP contribution in [0.1, 0.15) is 28.4 Å². The summed E-state index contributed by atoms with van der Waals surface area (Å²) in [5.41, 5.74) is 2.25. The van der Waals surface area contributed by atoms with Gasteiger partial charge < -0.3 is 9.80 Å². The Labute approximate surface area is 141 Å². The van der Waals surface area contributed by atoms with E-state index in [-0.39, 0.29) is 11.7 Å². The fourth-order valence-corrected chi connectivity index (χ4v) is 3.01. The molecule has 0 spiro atoms. The van der Waals surface area contributed by atoms with Crippen LogP contribution >= 0.6 is 0 Å². The molecular weight excluding hydrogens is 302 g/mol. The average Bonchev–Trinajstić information content (AvgIpc) is 2.62. The maximum absolute atomic E-state index is 12.5. The number of rotatable bonds is 3. The molecule has 2 heterocycles. The predicted octanol–water partition coefficient (Wildman–Crippen LogP) is 2.29. The van der Waals surface area contributed by atoms with E-state index in [0.29, 0.717) is 24.2 Å². The van der Waals surface area contributed by atoms with Crippen LogP contribution in [-0.4, -0.2) is 47.8 Å². The molecule has 24 heavy (non-hydrogen) atoms. The molecule has 0 saturated carbocycles. The lowest BCUT2D eigenvalue weighted by Gasteiger charge is -2.35. The number of carbonyl (C=O) groups is 2. The van der Waals surface area contributed by atoms with Crippen molar-refractivity contribution in [1.82, 2.24) is 9.88 Å². The first-order valence-corrected chi connectivity index (χ1v) is 8.13. The molecule has 1 aromatic carbocycles. The van der Waals surface area contributed by atoms with E-state index in [4.69, 9.17) is 0 Å². The standard InChI is InChI=1S/C19H21N3O2/c1-14-12-17(18(24)16-6-4-3-5-7-16)13-20-19(14)22-10-8-21(9-11-22)15(2)23/h3-7,12-13H,8-11H2,1-2H3. The van der Waals surface area contributed by atoms with Crippen molar-refractivity contribution in [2.24, 2.45) is 0 Å². The molecule has 124 valence electrons. The van der Waals surface area contributed by atoms with Crippen LogP contribution in [0.25, 0.3) is 0 Å². The van der Waals surface area contributed by atoms with Gasteiger partial charge in [0.1, 0.15) is 5.82 Å². The highest BCUT2D eigenvalue weighted by molar-refractivity contribution is 6.09. The summed E-state index contributed by atoms with van der Waals surface area (Å²) in [6.45, 7) is 6.52. The van der Waals surface area contributed by atoms with Crippen molar-refractivity contribution in [1.29, 1.82) is 0 Å². The van der Waals surface area contributed by atoms with E-state index in [1.54, 1.807) is 13.1 Å². The zero-order valence-electron chi connectivity index (χ0n) is 14.0. The van der Waals surface area contributed by atoms with Crippen LogP contribution in [0.15, 0.2) is 42.6 Å². The normalized spacial score (nSPS) is 14.6. The van der Waals surface area contributed by atoms with Gasteiger partial charge in [0.05, 0.1) is 0 Å². The van der Waals surface area contributed by atoms with Crippen LogP contribution in [0, 0.1) is 6.92 Å². The average molecular weight is 323 g/mol. The van der Waals surface area contributed by atoms with Gasteiger partial charge in [0, 0.05) is 50.4 Å². The third-order valence-electron chi connectivity index (χ3n) is 4.37. The molecule has 0 aliphatic carbocycles. The number of aryl methyl sites for hydroxylation is 1. The molecule has 5 nitrogen and oxygen atoms in total. The van der Waals surface area contributed by atoms with Gasteiger partial charge in [0.15, 0.2) is 5.78 Å². The van der Waals surface area contributed by atoms with Gasteiger partial charge in [-0.15, -0.1) is 0 Å². The van der Waals surface area contributed by atoms with Crippen LogP contribution in [0.5, 0.6) is 0 Å². The summed E-state index contributed by atoms with van der Waals surface area (Å²) >= 11 is 0. The highest BCUT2D eigenvalue weighted by Gasteiger charge is 2.21. The molecule has 0 radical (unpaired) electrons. The molecule has 0 bridgehead atoms. The molecule has 5 heteroatoms. The van der Waals surface area contributed by atoms with Gasteiger partial charge in [-0.25, -0.2) is 4.98 Å². The minimum absolute atomic E-state index is 0.0147. The van der Waals surface area contributed by atoms with Gasteiger partial charge in [-0.3, -0.25) is 9.59 Å². The number of piperazine rings is 1. The second kappa shape index (κ2) is 6.83. The van der Waals surface area contributed by atoms with Gasteiger partial charge in [-0.2, -0.15) is 0 Å². The predicted molar refractivity (Wildman–Crippen MR) is 93.3 cm³/mol. The lowest BCUT2D eigenvalue weighted by atomic mass is 10.0. The maximum atomic E-state index is 12.5. The summed E-state index contributed by atoms with van der Waals surface area (Å²) in [7, 11) is 0. The molecular formula is C19H21N3O2. The minimum atomic E-state index is -0.0147. The molecule has 0 N–H and O–H groups in total. The Balaban J connectivity index is 1.76. The number of carbonyl (C=O) groups excluding carboxylic acids is 2. The van der Waals surface area contributed by atoms with Crippen LogP contribution in [0.2, 0.25) is 0 Å². The number of pyridine rings is 1. The van der Waals surface area contributed by atoms with Crippen molar-refractivity contribution >= 4 is 17.5 Å². The molecule has 2 aromatic rings. The first-order chi connectivity index (χ1) is 11.6. The highest BCUT2D eigenvalue weighted by atomic mass is 16.2. The Morgan fingerprint density at radius 2 is 1.67 bits per heavy atom. The third-order valence-corrected chi connectivity index (χ3v) is 4.37. The molecule has 0 atom stereocenters. The van der Waals surface area contributed by atoms with Gasteiger partial charge in [-0.1, -0.05) is 30.3 Å². The Bertz CT molecular complexity index is 750. The second-order valence-corrected chi connectivity index (χ2v) is 6.05. The van der Waals surface area contributed by atoms with E-state index >= 15 is 0 Å². The molecule has 3 rings (SSSR count). The largest absolute Gasteiger partial charge is 0.353 e. The van der Waals surface area contributed by atoms with E-state index in [2.05, 4.69) is 9.88 Å². The monoisotopic (exact) mass is 323 g/mol. The van der Waals surface area contributed by atoms with Crippen LogP contribution in [-0.2, 0) is 4.79 Å². The van der Waals surface area contributed by atoms with Gasteiger partial charge >= 0.3 is 0 Å². The van der Waals surface area contributed by atoms with Crippen LogP contribution in [0.3, 0.4) is 0 Å². The SMILES string of the molecule is CC(=O)N1CCN(c2ncc(C(=O)c3ccccc3)cc2C)CC1. The third kappa shape index (κ3) is 3.30. The molecule has 1 aliphatic heterocycles. The van der Waals surface area contributed by atoms with E-state index in [1.807, 2.05) is 48.2 Å². The number of ketones is 1. The summed E-state index contributed by atoms with van der Waals surface area (Å²) in [5.74, 6) is 0.991. The zero-order chi connectivity index (χ0) is 17.1. The minimum Gasteiger partial charge on any atom is -0.353 e. The van der Waals surface area contributed by atoms with Crippen LogP contribution in [0.4, 0.5) is 5.82 Å². The summed E-state index contributed by atoms with van der Waals surface area (Å²) in [6, 6.07) is 11.1. The number of anilines is 1. The number of benzene rings is 1. The van der Waals surface area contributed by atoms with Crippen LogP contribution < -0.4 is 4.90 Å². The summed E-state index contributed by atoms with van der Waals surface area (Å²) in [5, 5.41) is 0. The molecule has 1 saturated heterocycles. The number of aromatic nitrogens is 1. The van der Waals surface area contributed by atoms with Crippen molar-refractivity contribution in [2.75, 3.05) is 31.1 Å². The zero-order valence-corrected chi connectivity index (χ0v) is 14.0. The van der Waals surface area contributed by atoms with Gasteiger partial charge in [0.2, 0.25) is 5.91 Å². The number of hydrogen-bond donors (Lipinski definition) is 0. The Morgan fingerprint density at radius 1 is 1.00 bits per heavy atom. The summed E-state index contributed by atoms with van der Waals surface area (Å²) in [6.07, 6.45) is 1.65. The molecule has 1 amide bonds. The molecule has 1 aliphatic rings. The molecule has 0 unspecified atom stereocenters. The highest BCUT2D eigenvalue weighted by Crippen LogP contribution is 2.21. The topological polar surface area (TPSA) is 53.5 Å². The maximum Gasteiger partial charge on any atom is 0.219 e. The lowest BCUT2D eigenvalue weighted by molar-refractivity contribution is -0.129. The van der Waals surface area contributed by atoms with Crippen molar-refractivity contribution in [3.8, 4) is 0 Å². The van der Waals surface area contributed by atoms with E-state index < -0.39 is 0 Å². The van der Waals surface area contributed by atoms with Gasteiger partial charge in [-0.05, 0) is 18.6 Å². The first kappa shape index (κ1) is 16.2. The Kier molecular flexibility index (Phi) is 4.60. The Hall–Kier alpha value is -2.69. The van der Waals surface area contributed by atoms with Crippen molar-refractivity contribution in [3.63, 3.8) is 0 Å². The smallest absolute Gasteiger partial charge is 0.219 e. The molecule has 1 fully saturated rings.